The van der Waals surface area contributed by atoms with E-state index in [1.165, 1.54) is 11.1 Å². The molecule has 0 spiro atoms. The number of nitrogens with one attached hydrogen (secondary N) is 1. The summed E-state index contributed by atoms with van der Waals surface area (Å²) in [5.74, 6) is 0.586. The molecule has 90 valence electrons. The molecule has 0 unspecified atom stereocenters. The molecule has 0 aliphatic carbocycles. The van der Waals surface area contributed by atoms with Crippen molar-refractivity contribution >= 4 is 5.69 Å². The van der Waals surface area contributed by atoms with E-state index >= 15 is 0 Å². The smallest absolute Gasteiger partial charge is 0.0539 e. The van der Waals surface area contributed by atoms with E-state index < -0.39 is 0 Å². The molecular weight excluding hydrogens is 210 g/mol. The van der Waals surface area contributed by atoms with Gasteiger partial charge in [-0.15, -0.1) is 0 Å². The van der Waals surface area contributed by atoms with Crippen LogP contribution in [-0.2, 0) is 13.6 Å². The van der Waals surface area contributed by atoms with Crippen LogP contribution in [0.15, 0.2) is 36.7 Å². The number of hydrogen-bond donors (Lipinski definition) is 1. The molecule has 0 saturated carbocycles. The van der Waals surface area contributed by atoms with Crippen LogP contribution in [0.1, 0.15) is 30.9 Å². The predicted octanol–water partition coefficient (Wildman–Crippen LogP) is 3.16. The molecule has 3 heteroatoms. The molecule has 0 aliphatic rings. The Balaban J connectivity index is 1.95. The van der Waals surface area contributed by atoms with Gasteiger partial charge in [0.1, 0.15) is 0 Å². The molecule has 0 bridgehead atoms. The second kappa shape index (κ2) is 5.04. The maximum absolute atomic E-state index is 4.14. The first-order chi connectivity index (χ1) is 8.15. The number of aryl methyl sites for hydroxylation is 1. The van der Waals surface area contributed by atoms with E-state index in [-0.39, 0.29) is 0 Å². The van der Waals surface area contributed by atoms with Crippen LogP contribution in [0.2, 0.25) is 0 Å². The second-order valence-electron chi connectivity index (χ2n) is 4.65. The minimum absolute atomic E-state index is 0.586. The Morgan fingerprint density at radius 1 is 1.24 bits per heavy atom. The molecule has 2 aromatic rings. The Hall–Kier alpha value is -1.77. The first-order valence-electron chi connectivity index (χ1n) is 5.96. The summed E-state index contributed by atoms with van der Waals surface area (Å²) in [6.45, 7) is 5.23. The fraction of sp³-hybridized carbons (Fsp3) is 0.357. The Bertz CT molecular complexity index is 468. The third kappa shape index (κ3) is 3.09. The van der Waals surface area contributed by atoms with Crippen molar-refractivity contribution in [3.05, 3.63) is 47.8 Å². The molecule has 1 heterocycles. The van der Waals surface area contributed by atoms with E-state index in [1.807, 2.05) is 24.1 Å². The molecular formula is C14H19N3. The Morgan fingerprint density at radius 2 is 1.94 bits per heavy atom. The van der Waals surface area contributed by atoms with Gasteiger partial charge in [0, 0.05) is 31.0 Å². The number of rotatable bonds is 4. The first-order valence-corrected chi connectivity index (χ1v) is 5.96. The number of aromatic nitrogens is 2. The van der Waals surface area contributed by atoms with Crippen molar-refractivity contribution in [3.8, 4) is 0 Å². The second-order valence-corrected chi connectivity index (χ2v) is 4.65. The Morgan fingerprint density at radius 3 is 2.47 bits per heavy atom. The molecule has 17 heavy (non-hydrogen) atoms. The lowest BCUT2D eigenvalue weighted by atomic mass is 10.0. The van der Waals surface area contributed by atoms with E-state index in [2.05, 4.69) is 48.5 Å². The van der Waals surface area contributed by atoms with Crippen LogP contribution in [-0.4, -0.2) is 9.78 Å². The maximum atomic E-state index is 4.14. The van der Waals surface area contributed by atoms with Crippen molar-refractivity contribution in [2.24, 2.45) is 7.05 Å². The predicted molar refractivity (Wildman–Crippen MR) is 71.1 cm³/mol. The van der Waals surface area contributed by atoms with Crippen molar-refractivity contribution in [1.29, 1.82) is 0 Å². The lowest BCUT2D eigenvalue weighted by molar-refractivity contribution is 0.767. The van der Waals surface area contributed by atoms with Gasteiger partial charge in [0.05, 0.1) is 6.20 Å². The van der Waals surface area contributed by atoms with E-state index in [9.17, 15) is 0 Å². The zero-order valence-electron chi connectivity index (χ0n) is 10.6. The van der Waals surface area contributed by atoms with Gasteiger partial charge in [-0.25, -0.2) is 0 Å². The molecule has 0 saturated heterocycles. The first kappa shape index (κ1) is 11.7. The van der Waals surface area contributed by atoms with Crippen LogP contribution in [0.3, 0.4) is 0 Å². The van der Waals surface area contributed by atoms with Gasteiger partial charge in [0.2, 0.25) is 0 Å². The van der Waals surface area contributed by atoms with Gasteiger partial charge in [-0.2, -0.15) is 5.10 Å². The highest BCUT2D eigenvalue weighted by Crippen LogP contribution is 2.17. The van der Waals surface area contributed by atoms with Crippen molar-refractivity contribution in [2.75, 3.05) is 5.32 Å². The summed E-state index contributed by atoms with van der Waals surface area (Å²) >= 11 is 0. The maximum Gasteiger partial charge on any atom is 0.0539 e. The minimum atomic E-state index is 0.586. The molecule has 1 aromatic heterocycles. The Kier molecular flexibility index (Phi) is 3.47. The third-order valence-corrected chi connectivity index (χ3v) is 2.83. The summed E-state index contributed by atoms with van der Waals surface area (Å²) in [6, 6.07) is 8.61. The largest absolute Gasteiger partial charge is 0.381 e. The summed E-state index contributed by atoms with van der Waals surface area (Å²) in [5, 5.41) is 7.53. The SMILES string of the molecule is CC(C)c1ccc(NCc2cnn(C)c2)cc1. The van der Waals surface area contributed by atoms with Gasteiger partial charge in [-0.3, -0.25) is 4.68 Å². The number of benzene rings is 1. The zero-order valence-corrected chi connectivity index (χ0v) is 10.6. The molecule has 0 fully saturated rings. The highest BCUT2D eigenvalue weighted by atomic mass is 15.2. The van der Waals surface area contributed by atoms with E-state index in [4.69, 9.17) is 0 Å². The molecule has 0 amide bonds. The summed E-state index contributed by atoms with van der Waals surface area (Å²) in [7, 11) is 1.93. The number of anilines is 1. The van der Waals surface area contributed by atoms with Crippen LogP contribution >= 0.6 is 0 Å². The van der Waals surface area contributed by atoms with Crippen molar-refractivity contribution in [1.82, 2.24) is 9.78 Å². The van der Waals surface area contributed by atoms with Crippen molar-refractivity contribution in [2.45, 2.75) is 26.3 Å². The summed E-state index contributed by atoms with van der Waals surface area (Å²) in [6.07, 6.45) is 3.91. The number of nitrogens with zero attached hydrogens (tertiary/aromatic N) is 2. The Labute approximate surface area is 102 Å². The molecule has 2 rings (SSSR count). The molecule has 1 aromatic carbocycles. The lowest BCUT2D eigenvalue weighted by Crippen LogP contribution is -1.98. The van der Waals surface area contributed by atoms with Gasteiger partial charge >= 0.3 is 0 Å². The lowest BCUT2D eigenvalue weighted by Gasteiger charge is -2.08. The molecule has 0 aliphatic heterocycles. The van der Waals surface area contributed by atoms with Crippen LogP contribution in [0, 0.1) is 0 Å². The highest BCUT2D eigenvalue weighted by Gasteiger charge is 1.99. The summed E-state index contributed by atoms with van der Waals surface area (Å²) < 4.78 is 1.82. The van der Waals surface area contributed by atoms with E-state index in [0.29, 0.717) is 5.92 Å². The van der Waals surface area contributed by atoms with Crippen LogP contribution in [0.25, 0.3) is 0 Å². The monoisotopic (exact) mass is 229 g/mol. The summed E-state index contributed by atoms with van der Waals surface area (Å²) in [5.41, 5.74) is 3.72. The topological polar surface area (TPSA) is 29.9 Å². The van der Waals surface area contributed by atoms with Crippen molar-refractivity contribution in [3.63, 3.8) is 0 Å². The van der Waals surface area contributed by atoms with E-state index in [0.717, 1.165) is 12.2 Å². The highest BCUT2D eigenvalue weighted by molar-refractivity contribution is 5.45. The minimum Gasteiger partial charge on any atom is -0.381 e. The average molecular weight is 229 g/mol. The quantitative estimate of drug-likeness (QED) is 0.872. The zero-order chi connectivity index (χ0) is 12.3. The standard InChI is InChI=1S/C14H19N3/c1-11(2)13-4-6-14(7-5-13)15-8-12-9-16-17(3)10-12/h4-7,9-11,15H,8H2,1-3H3. The van der Waals surface area contributed by atoms with Crippen LogP contribution < -0.4 is 5.32 Å². The van der Waals surface area contributed by atoms with Crippen LogP contribution in [0.4, 0.5) is 5.69 Å². The fourth-order valence-electron chi connectivity index (χ4n) is 1.75. The average Bonchev–Trinajstić information content (AvgIpc) is 2.73. The van der Waals surface area contributed by atoms with E-state index in [1.54, 1.807) is 0 Å². The van der Waals surface area contributed by atoms with Gasteiger partial charge in [0.25, 0.3) is 0 Å². The molecule has 0 atom stereocenters. The van der Waals surface area contributed by atoms with Gasteiger partial charge < -0.3 is 5.32 Å². The number of hydrogen-bond acceptors (Lipinski definition) is 2. The molecule has 3 nitrogen and oxygen atoms in total. The molecule has 1 N–H and O–H groups in total. The van der Waals surface area contributed by atoms with Gasteiger partial charge in [-0.1, -0.05) is 26.0 Å². The van der Waals surface area contributed by atoms with Gasteiger partial charge in [0.15, 0.2) is 0 Å². The van der Waals surface area contributed by atoms with Crippen molar-refractivity contribution < 1.29 is 0 Å². The van der Waals surface area contributed by atoms with Crippen LogP contribution in [0.5, 0.6) is 0 Å². The summed E-state index contributed by atoms with van der Waals surface area (Å²) in [4.78, 5) is 0. The molecule has 0 radical (unpaired) electrons. The normalized spacial score (nSPS) is 10.8. The van der Waals surface area contributed by atoms with Gasteiger partial charge in [-0.05, 0) is 23.6 Å². The third-order valence-electron chi connectivity index (χ3n) is 2.83. The fourth-order valence-corrected chi connectivity index (χ4v) is 1.75.